The molecule has 10 atom stereocenters. The standard InChI is InChI=1S/C40H68N4O6/c1-13-26(6)37(43(11)40(49)31(24(2)3)22-33(45)36(41-10)25(4)5)34(50-12)23-35(46)44-21-17-20-32(44)27(7)28(8)39(48)42-29(9)38(47)30-18-15-14-16-19-30/h14-16,18-19,24-29,31-32,34,36-38,41,47H,13,17,20-23H2,1-12H3,(H,42,48)/t26-,27+,28+,29-,31-,32-,34+,36-,37-,38-/m0/s1. The Hall–Kier alpha value is -2.82. The Morgan fingerprint density at radius 3 is 2.12 bits per heavy atom. The van der Waals surface area contributed by atoms with E-state index in [1.165, 1.54) is 0 Å². The number of hydrogen-bond acceptors (Lipinski definition) is 7. The van der Waals surface area contributed by atoms with Crippen molar-refractivity contribution in [2.24, 2.45) is 35.5 Å². The van der Waals surface area contributed by atoms with Crippen LogP contribution in [0.2, 0.25) is 0 Å². The van der Waals surface area contributed by atoms with E-state index in [0.717, 1.165) is 24.8 Å². The first kappa shape index (κ1) is 43.3. The zero-order valence-corrected chi connectivity index (χ0v) is 32.9. The third-order valence-electron chi connectivity index (χ3n) is 11.4. The molecule has 0 aliphatic carbocycles. The lowest BCUT2D eigenvalue weighted by atomic mass is 9.84. The highest BCUT2D eigenvalue weighted by Crippen LogP contribution is 2.32. The highest BCUT2D eigenvalue weighted by molar-refractivity contribution is 5.90. The monoisotopic (exact) mass is 701 g/mol. The number of ketones is 1. The number of Topliss-reactive ketones (excluding diaryl/α,β-unsaturated/α-hetero) is 1. The number of nitrogens with zero attached hydrogens (tertiary/aromatic N) is 2. The number of likely N-dealkylation sites (tertiary alicyclic amines) is 1. The van der Waals surface area contributed by atoms with Gasteiger partial charge >= 0.3 is 0 Å². The number of hydrogen-bond donors (Lipinski definition) is 3. The SMILES string of the molecule is CC[C@H](C)[C@@H]([C@@H](CC(=O)N1CCC[C@H]1[C@H](C)[C@@H](C)C(=O)N[C@@H](C)[C@H](O)c1ccccc1)OC)N(C)C(=O)[C@@H](CC(=O)[C@@H](NC)C(C)C)C(C)C. The molecule has 50 heavy (non-hydrogen) atoms. The summed E-state index contributed by atoms with van der Waals surface area (Å²) < 4.78 is 6.02. The summed E-state index contributed by atoms with van der Waals surface area (Å²) >= 11 is 0. The van der Waals surface area contributed by atoms with Crippen LogP contribution in [0.1, 0.15) is 106 Å². The summed E-state index contributed by atoms with van der Waals surface area (Å²) in [6, 6.07) is 7.99. The van der Waals surface area contributed by atoms with Gasteiger partial charge in [0.25, 0.3) is 0 Å². The molecule has 1 heterocycles. The summed E-state index contributed by atoms with van der Waals surface area (Å²) in [6.45, 7) is 18.4. The van der Waals surface area contributed by atoms with E-state index in [0.29, 0.717) is 6.54 Å². The van der Waals surface area contributed by atoms with E-state index in [4.69, 9.17) is 4.74 Å². The van der Waals surface area contributed by atoms with Crippen molar-refractivity contribution in [3.8, 4) is 0 Å². The summed E-state index contributed by atoms with van der Waals surface area (Å²) in [5.74, 6) is -1.18. The Bertz CT molecular complexity index is 1230. The van der Waals surface area contributed by atoms with Crippen LogP contribution >= 0.6 is 0 Å². The van der Waals surface area contributed by atoms with Crippen LogP contribution in [0.5, 0.6) is 0 Å². The fourth-order valence-corrected chi connectivity index (χ4v) is 7.69. The first-order valence-electron chi connectivity index (χ1n) is 18.8. The van der Waals surface area contributed by atoms with Crippen LogP contribution in [-0.2, 0) is 23.9 Å². The van der Waals surface area contributed by atoms with Crippen LogP contribution in [0, 0.1) is 35.5 Å². The second-order valence-corrected chi connectivity index (χ2v) is 15.4. The number of carbonyl (C=O) groups is 4. The van der Waals surface area contributed by atoms with Crippen LogP contribution in [0.15, 0.2) is 30.3 Å². The maximum absolute atomic E-state index is 14.2. The lowest BCUT2D eigenvalue weighted by molar-refractivity contribution is -0.148. The smallest absolute Gasteiger partial charge is 0.226 e. The molecule has 1 saturated heterocycles. The van der Waals surface area contributed by atoms with Crippen molar-refractivity contribution < 1.29 is 29.0 Å². The number of aliphatic hydroxyl groups is 1. The van der Waals surface area contributed by atoms with Crippen molar-refractivity contribution in [1.29, 1.82) is 0 Å². The van der Waals surface area contributed by atoms with E-state index in [1.54, 1.807) is 33.0 Å². The maximum Gasteiger partial charge on any atom is 0.226 e. The lowest BCUT2D eigenvalue weighted by Gasteiger charge is -2.40. The zero-order chi connectivity index (χ0) is 37.9. The van der Waals surface area contributed by atoms with Gasteiger partial charge < -0.3 is 30.3 Å². The summed E-state index contributed by atoms with van der Waals surface area (Å²) in [5, 5.41) is 16.9. The molecular weight excluding hydrogens is 632 g/mol. The average Bonchev–Trinajstić information content (AvgIpc) is 3.59. The van der Waals surface area contributed by atoms with E-state index in [2.05, 4.69) is 24.5 Å². The minimum absolute atomic E-state index is 0.0282. The Balaban J connectivity index is 2.20. The highest BCUT2D eigenvalue weighted by Gasteiger charge is 2.42. The second kappa shape index (κ2) is 20.3. The first-order valence-corrected chi connectivity index (χ1v) is 18.8. The molecule has 1 aromatic carbocycles. The van der Waals surface area contributed by atoms with Gasteiger partial charge in [-0.3, -0.25) is 19.2 Å². The molecule has 284 valence electrons. The number of methoxy groups -OCH3 is 1. The van der Waals surface area contributed by atoms with Crippen LogP contribution in [0.4, 0.5) is 0 Å². The maximum atomic E-state index is 14.2. The van der Waals surface area contributed by atoms with Gasteiger partial charge in [0.1, 0.15) is 0 Å². The van der Waals surface area contributed by atoms with Gasteiger partial charge in [0, 0.05) is 45.0 Å². The molecule has 3 amide bonds. The van der Waals surface area contributed by atoms with Gasteiger partial charge in [-0.25, -0.2) is 0 Å². The molecule has 0 spiro atoms. The Morgan fingerprint density at radius 2 is 1.60 bits per heavy atom. The van der Waals surface area contributed by atoms with E-state index < -0.39 is 24.2 Å². The Labute approximate surface area is 302 Å². The fourth-order valence-electron chi connectivity index (χ4n) is 7.69. The molecule has 2 rings (SSSR count). The minimum atomic E-state index is -0.830. The van der Waals surface area contributed by atoms with Crippen molar-refractivity contribution in [2.45, 2.75) is 131 Å². The van der Waals surface area contributed by atoms with Gasteiger partial charge in [0.15, 0.2) is 5.78 Å². The molecule has 1 aromatic rings. The zero-order valence-electron chi connectivity index (χ0n) is 32.9. The first-order chi connectivity index (χ1) is 23.5. The molecule has 10 nitrogen and oxygen atoms in total. The summed E-state index contributed by atoms with van der Waals surface area (Å²) in [6.07, 6.45) is 1.30. The van der Waals surface area contributed by atoms with Gasteiger partial charge in [-0.15, -0.1) is 0 Å². The van der Waals surface area contributed by atoms with Crippen LogP contribution in [-0.4, -0.2) is 96.4 Å². The predicted molar refractivity (Wildman–Crippen MR) is 199 cm³/mol. The summed E-state index contributed by atoms with van der Waals surface area (Å²) in [4.78, 5) is 58.5. The van der Waals surface area contributed by atoms with E-state index in [-0.39, 0.29) is 84.1 Å². The molecule has 3 N–H and O–H groups in total. The number of amides is 3. The minimum Gasteiger partial charge on any atom is -0.386 e. The average molecular weight is 701 g/mol. The highest BCUT2D eigenvalue weighted by atomic mass is 16.5. The van der Waals surface area contributed by atoms with Crippen molar-refractivity contribution in [2.75, 3.05) is 27.7 Å². The molecule has 10 heteroatoms. The number of ether oxygens (including phenoxy) is 1. The number of nitrogens with one attached hydrogen (secondary N) is 2. The molecule has 1 aliphatic heterocycles. The topological polar surface area (TPSA) is 128 Å². The predicted octanol–water partition coefficient (Wildman–Crippen LogP) is 5.24. The molecule has 1 aliphatic rings. The van der Waals surface area contributed by atoms with E-state index >= 15 is 0 Å². The van der Waals surface area contributed by atoms with Gasteiger partial charge in [0.2, 0.25) is 17.7 Å². The van der Waals surface area contributed by atoms with E-state index in [1.807, 2.05) is 76.8 Å². The van der Waals surface area contributed by atoms with Crippen molar-refractivity contribution in [3.63, 3.8) is 0 Å². The normalized spacial score (nSPS) is 20.4. The van der Waals surface area contributed by atoms with Crippen molar-refractivity contribution in [3.05, 3.63) is 35.9 Å². The molecule has 1 fully saturated rings. The van der Waals surface area contributed by atoms with E-state index in [9.17, 15) is 24.3 Å². The Kier molecular flexibility index (Phi) is 17.6. The van der Waals surface area contributed by atoms with Crippen molar-refractivity contribution in [1.82, 2.24) is 20.4 Å². The third-order valence-corrected chi connectivity index (χ3v) is 11.4. The number of carbonyl (C=O) groups excluding carboxylic acids is 4. The molecular formula is C40H68N4O6. The van der Waals surface area contributed by atoms with Crippen LogP contribution < -0.4 is 10.6 Å². The van der Waals surface area contributed by atoms with Gasteiger partial charge in [-0.05, 0) is 56.0 Å². The molecule has 0 aromatic heterocycles. The molecule has 0 unspecified atom stereocenters. The molecule has 0 saturated carbocycles. The van der Waals surface area contributed by atoms with Crippen molar-refractivity contribution >= 4 is 23.5 Å². The molecule has 0 radical (unpaired) electrons. The lowest BCUT2D eigenvalue weighted by Crippen LogP contribution is -2.54. The number of aliphatic hydroxyl groups excluding tert-OH is 1. The second-order valence-electron chi connectivity index (χ2n) is 15.4. The number of benzene rings is 1. The number of rotatable bonds is 20. The third kappa shape index (κ3) is 11.1. The number of likely N-dealkylation sites (N-methyl/N-ethyl adjacent to an activating group) is 2. The summed E-state index contributed by atoms with van der Waals surface area (Å²) in [7, 11) is 5.15. The van der Waals surface area contributed by atoms with Gasteiger partial charge in [-0.2, -0.15) is 0 Å². The quantitative estimate of drug-likeness (QED) is 0.170. The molecule has 0 bridgehead atoms. The van der Waals surface area contributed by atoms with Crippen LogP contribution in [0.25, 0.3) is 0 Å². The Morgan fingerprint density at radius 1 is 0.980 bits per heavy atom. The fraction of sp³-hybridized carbons (Fsp3) is 0.750. The van der Waals surface area contributed by atoms with Gasteiger partial charge in [0.05, 0.1) is 36.8 Å². The largest absolute Gasteiger partial charge is 0.386 e. The summed E-state index contributed by atoms with van der Waals surface area (Å²) in [5.41, 5.74) is 0.742. The van der Waals surface area contributed by atoms with Crippen LogP contribution in [0.3, 0.4) is 0 Å². The van der Waals surface area contributed by atoms with Gasteiger partial charge in [-0.1, -0.05) is 92.1 Å².